The summed E-state index contributed by atoms with van der Waals surface area (Å²) < 4.78 is 7.20. The minimum absolute atomic E-state index is 0.0334. The number of ether oxygens (including phenoxy) is 1. The maximum atomic E-state index is 14.0. The molecule has 2 aromatic carbocycles. The Bertz CT molecular complexity index is 1580. The Kier molecular flexibility index (Phi) is 7.71. The first kappa shape index (κ1) is 26.3. The van der Waals surface area contributed by atoms with Crippen molar-refractivity contribution in [3.63, 3.8) is 0 Å². The summed E-state index contributed by atoms with van der Waals surface area (Å²) in [5.74, 6) is 0.736. The van der Waals surface area contributed by atoms with Crippen LogP contribution < -0.4 is 4.74 Å². The first-order chi connectivity index (χ1) is 19.6. The quantitative estimate of drug-likeness (QED) is 0.224. The minimum Gasteiger partial charge on any atom is -0.497 e. The van der Waals surface area contributed by atoms with E-state index in [0.29, 0.717) is 20.8 Å². The fourth-order valence-electron chi connectivity index (χ4n) is 5.11. The highest BCUT2D eigenvalue weighted by atomic mass is 35.5. The Morgan fingerprint density at radius 2 is 1.82 bits per heavy atom. The third-order valence-corrected chi connectivity index (χ3v) is 8.43. The summed E-state index contributed by atoms with van der Waals surface area (Å²) in [4.78, 5) is 25.4. The lowest BCUT2D eigenvalue weighted by Gasteiger charge is -2.30. The van der Waals surface area contributed by atoms with Gasteiger partial charge in [0.1, 0.15) is 5.75 Å². The van der Waals surface area contributed by atoms with Crippen molar-refractivity contribution in [1.82, 2.24) is 19.7 Å². The van der Waals surface area contributed by atoms with E-state index in [9.17, 15) is 4.79 Å². The maximum absolute atomic E-state index is 14.0. The molecule has 0 unspecified atom stereocenters. The van der Waals surface area contributed by atoms with Crippen LogP contribution in [0.15, 0.2) is 89.2 Å². The SMILES string of the molecule is COc1ccc(-c2nn(-c3ccccc3)cc2/C=C2\SC(=Nc3ccncc3Cl)N(C3CCCCC3)C2=O)cc1. The smallest absolute Gasteiger partial charge is 0.267 e. The van der Waals surface area contributed by atoms with Crippen LogP contribution in [-0.2, 0) is 4.79 Å². The number of aromatic nitrogens is 3. The van der Waals surface area contributed by atoms with Crippen LogP contribution >= 0.6 is 23.4 Å². The molecule has 0 radical (unpaired) electrons. The molecule has 2 fully saturated rings. The third kappa shape index (κ3) is 5.42. The zero-order valence-corrected chi connectivity index (χ0v) is 23.6. The number of pyridine rings is 1. The number of aliphatic imine (C=N–C) groups is 1. The molecule has 1 aliphatic carbocycles. The number of carbonyl (C=O) groups is 1. The van der Waals surface area contributed by atoms with E-state index in [-0.39, 0.29) is 11.9 Å². The first-order valence-electron chi connectivity index (χ1n) is 13.3. The topological polar surface area (TPSA) is 72.6 Å². The number of carbonyl (C=O) groups excluding carboxylic acids is 1. The van der Waals surface area contributed by atoms with Crippen molar-refractivity contribution in [3.05, 3.63) is 94.7 Å². The van der Waals surface area contributed by atoms with Gasteiger partial charge in [0.05, 0.1) is 34.1 Å². The molecule has 2 aromatic heterocycles. The number of amides is 1. The van der Waals surface area contributed by atoms with Gasteiger partial charge in [0, 0.05) is 35.8 Å². The minimum atomic E-state index is -0.0334. The summed E-state index contributed by atoms with van der Waals surface area (Å²) in [5, 5.41) is 6.03. The highest BCUT2D eigenvalue weighted by molar-refractivity contribution is 8.18. The first-order valence-corrected chi connectivity index (χ1v) is 14.5. The van der Waals surface area contributed by atoms with Gasteiger partial charge >= 0.3 is 0 Å². The normalized spacial score (nSPS) is 18.1. The molecule has 2 aliphatic rings. The number of methoxy groups -OCH3 is 1. The number of rotatable bonds is 6. The second-order valence-electron chi connectivity index (χ2n) is 9.74. The Morgan fingerprint density at radius 3 is 2.55 bits per heavy atom. The summed E-state index contributed by atoms with van der Waals surface area (Å²) in [6, 6.07) is 19.6. The van der Waals surface area contributed by atoms with Crippen LogP contribution in [0.1, 0.15) is 37.7 Å². The van der Waals surface area contributed by atoms with Gasteiger partial charge in [0.2, 0.25) is 0 Å². The van der Waals surface area contributed by atoms with Gasteiger partial charge in [-0.05, 0) is 73.1 Å². The van der Waals surface area contributed by atoms with Crippen molar-refractivity contribution in [2.24, 2.45) is 4.99 Å². The molecule has 0 spiro atoms. The number of halogens is 1. The zero-order chi connectivity index (χ0) is 27.5. The number of nitrogens with zero attached hydrogens (tertiary/aromatic N) is 5. The molecule has 6 rings (SSSR count). The van der Waals surface area contributed by atoms with E-state index in [4.69, 9.17) is 26.4 Å². The molecule has 9 heteroatoms. The molecule has 3 heterocycles. The molecule has 1 aliphatic heterocycles. The molecular formula is C31H28ClN5O2S. The largest absolute Gasteiger partial charge is 0.497 e. The predicted octanol–water partition coefficient (Wildman–Crippen LogP) is 7.53. The highest BCUT2D eigenvalue weighted by Crippen LogP contribution is 2.40. The Morgan fingerprint density at radius 1 is 1.05 bits per heavy atom. The van der Waals surface area contributed by atoms with Crippen LogP contribution in [0.25, 0.3) is 23.0 Å². The summed E-state index contributed by atoms with van der Waals surface area (Å²) in [5.41, 5.74) is 4.09. The van der Waals surface area contributed by atoms with Crippen LogP contribution in [0.3, 0.4) is 0 Å². The maximum Gasteiger partial charge on any atom is 0.267 e. The monoisotopic (exact) mass is 569 g/mol. The van der Waals surface area contributed by atoms with Crippen LogP contribution in [0.2, 0.25) is 5.02 Å². The number of amidine groups is 1. The molecule has 1 saturated carbocycles. The van der Waals surface area contributed by atoms with E-state index in [1.54, 1.807) is 25.6 Å². The van der Waals surface area contributed by atoms with Gasteiger partial charge in [-0.1, -0.05) is 49.1 Å². The van der Waals surface area contributed by atoms with Gasteiger partial charge in [0.25, 0.3) is 5.91 Å². The zero-order valence-electron chi connectivity index (χ0n) is 22.0. The molecule has 0 atom stereocenters. The van der Waals surface area contributed by atoms with Crippen molar-refractivity contribution in [2.45, 2.75) is 38.1 Å². The van der Waals surface area contributed by atoms with E-state index in [1.807, 2.05) is 76.5 Å². The standard InChI is InChI=1S/C31H28ClN5O2S/c1-39-25-14-12-21(13-15-25)29-22(20-36(35-29)23-8-4-2-5-9-23)18-28-30(38)37(24-10-6-3-7-11-24)31(40-28)34-27-16-17-33-19-26(27)32/h2,4-5,8-9,12-20,24H,3,6-7,10-11H2,1H3/b28-18-,34-31?. The molecule has 7 nitrogen and oxygen atoms in total. The predicted molar refractivity (Wildman–Crippen MR) is 161 cm³/mol. The van der Waals surface area contributed by atoms with Crippen LogP contribution in [0.4, 0.5) is 5.69 Å². The summed E-state index contributed by atoms with van der Waals surface area (Å²) >= 11 is 7.78. The third-order valence-electron chi connectivity index (χ3n) is 7.16. The van der Waals surface area contributed by atoms with Gasteiger partial charge in [-0.2, -0.15) is 5.10 Å². The molecule has 0 N–H and O–H groups in total. The Balaban J connectivity index is 1.43. The number of hydrogen-bond donors (Lipinski definition) is 0. The summed E-state index contributed by atoms with van der Waals surface area (Å²) in [6.45, 7) is 0. The fourth-order valence-corrected chi connectivity index (χ4v) is 6.31. The Hall–Kier alpha value is -3.88. The van der Waals surface area contributed by atoms with Crippen LogP contribution in [-0.4, -0.2) is 43.9 Å². The highest BCUT2D eigenvalue weighted by Gasteiger charge is 2.39. The van der Waals surface area contributed by atoms with Crippen molar-refractivity contribution in [3.8, 4) is 22.7 Å². The average molecular weight is 570 g/mol. The lowest BCUT2D eigenvalue weighted by molar-refractivity contribution is -0.124. The molecule has 40 heavy (non-hydrogen) atoms. The van der Waals surface area contributed by atoms with E-state index in [0.717, 1.165) is 53.9 Å². The van der Waals surface area contributed by atoms with E-state index < -0.39 is 0 Å². The fraction of sp³-hybridized carbons (Fsp3) is 0.226. The molecule has 1 saturated heterocycles. The van der Waals surface area contributed by atoms with Gasteiger partial charge in [-0.15, -0.1) is 0 Å². The van der Waals surface area contributed by atoms with Crippen LogP contribution in [0.5, 0.6) is 5.75 Å². The number of benzene rings is 2. The molecule has 202 valence electrons. The van der Waals surface area contributed by atoms with Gasteiger partial charge in [-0.3, -0.25) is 14.7 Å². The number of hydrogen-bond acceptors (Lipinski definition) is 6. The number of para-hydroxylation sites is 1. The van der Waals surface area contributed by atoms with Crippen molar-refractivity contribution >= 4 is 46.2 Å². The number of thioether (sulfide) groups is 1. The van der Waals surface area contributed by atoms with Crippen molar-refractivity contribution in [2.75, 3.05) is 7.11 Å². The summed E-state index contributed by atoms with van der Waals surface area (Å²) in [7, 11) is 1.65. The Labute approximate surface area is 242 Å². The lowest BCUT2D eigenvalue weighted by Crippen LogP contribution is -2.40. The van der Waals surface area contributed by atoms with E-state index in [2.05, 4.69) is 4.98 Å². The molecule has 0 bridgehead atoms. The molecule has 1 amide bonds. The van der Waals surface area contributed by atoms with Crippen LogP contribution in [0, 0.1) is 0 Å². The van der Waals surface area contributed by atoms with Crippen molar-refractivity contribution in [1.29, 1.82) is 0 Å². The van der Waals surface area contributed by atoms with Crippen molar-refractivity contribution < 1.29 is 9.53 Å². The van der Waals surface area contributed by atoms with Gasteiger partial charge in [-0.25, -0.2) is 9.67 Å². The van der Waals surface area contributed by atoms with Gasteiger partial charge < -0.3 is 4.74 Å². The lowest BCUT2D eigenvalue weighted by atomic mass is 9.94. The second-order valence-corrected chi connectivity index (χ2v) is 11.2. The van der Waals surface area contributed by atoms with E-state index >= 15 is 0 Å². The molecule has 4 aromatic rings. The average Bonchev–Trinajstić information content (AvgIpc) is 3.56. The van der Waals surface area contributed by atoms with Gasteiger partial charge in [0.15, 0.2) is 5.17 Å². The second kappa shape index (κ2) is 11.7. The molecular weight excluding hydrogens is 542 g/mol. The summed E-state index contributed by atoms with van der Waals surface area (Å²) in [6.07, 6.45) is 12.5. The van der Waals surface area contributed by atoms with E-state index in [1.165, 1.54) is 18.2 Å².